The van der Waals surface area contributed by atoms with Crippen LogP contribution in [0.1, 0.15) is 34.0 Å². The van der Waals surface area contributed by atoms with Gasteiger partial charge in [-0.3, -0.25) is 9.78 Å². The van der Waals surface area contributed by atoms with Gasteiger partial charge in [0.05, 0.1) is 17.4 Å². The molecular weight excluding hydrogens is 334 g/mol. The molecule has 0 spiro atoms. The van der Waals surface area contributed by atoms with Crippen LogP contribution in [-0.4, -0.2) is 22.3 Å². The van der Waals surface area contributed by atoms with Gasteiger partial charge in [-0.15, -0.1) is 0 Å². The molecule has 0 atom stereocenters. The molecule has 3 rings (SSSR count). The highest BCUT2D eigenvalue weighted by molar-refractivity contribution is 5.95. The molecule has 0 bridgehead atoms. The third-order valence-corrected chi connectivity index (χ3v) is 4.54. The Labute approximate surface area is 160 Å². The Morgan fingerprint density at radius 3 is 2.56 bits per heavy atom. The maximum absolute atomic E-state index is 13.0. The van der Waals surface area contributed by atoms with Crippen LogP contribution in [0.4, 0.5) is 11.4 Å². The molecule has 0 unspecified atom stereocenters. The number of hydrogen-bond acceptors (Lipinski definition) is 3. The van der Waals surface area contributed by atoms with Gasteiger partial charge >= 0.3 is 0 Å². The van der Waals surface area contributed by atoms with Gasteiger partial charge in [-0.1, -0.05) is 42.5 Å². The van der Waals surface area contributed by atoms with Crippen molar-refractivity contribution in [2.24, 2.45) is 0 Å². The van der Waals surface area contributed by atoms with Crippen molar-refractivity contribution in [1.29, 1.82) is 0 Å². The number of carbonyl (C=O) groups excluding carboxylic acids is 1. The van der Waals surface area contributed by atoms with E-state index in [1.165, 1.54) is 5.56 Å². The second kappa shape index (κ2) is 8.49. The monoisotopic (exact) mass is 359 g/mol. The molecule has 0 fully saturated rings. The Morgan fingerprint density at radius 2 is 1.81 bits per heavy atom. The number of aryl methyl sites for hydroxylation is 2. The second-order valence-corrected chi connectivity index (χ2v) is 6.71. The third-order valence-electron chi connectivity index (χ3n) is 4.54. The van der Waals surface area contributed by atoms with Crippen LogP contribution in [0.15, 0.2) is 67.0 Å². The number of rotatable bonds is 6. The fraction of sp³-hybridized carbons (Fsp3) is 0.217. The number of nitrogens with one attached hydrogen (secondary N) is 1. The van der Waals surface area contributed by atoms with Crippen molar-refractivity contribution in [1.82, 2.24) is 9.88 Å². The minimum absolute atomic E-state index is 0.0153. The summed E-state index contributed by atoms with van der Waals surface area (Å²) in [6.07, 6.45) is 3.37. The van der Waals surface area contributed by atoms with E-state index in [1.54, 1.807) is 12.4 Å². The SMILES string of the molecule is CCN(Cc1ccccc1)C(=O)c1cncc(Nc2cc(C)ccc2C)c1. The molecule has 4 heteroatoms. The molecule has 3 aromatic rings. The van der Waals surface area contributed by atoms with E-state index in [-0.39, 0.29) is 5.91 Å². The van der Waals surface area contributed by atoms with E-state index in [1.807, 2.05) is 48.2 Å². The van der Waals surface area contributed by atoms with Gasteiger partial charge in [0.15, 0.2) is 0 Å². The summed E-state index contributed by atoms with van der Waals surface area (Å²) in [5.74, 6) is -0.0153. The third kappa shape index (κ3) is 4.73. The molecule has 27 heavy (non-hydrogen) atoms. The van der Waals surface area contributed by atoms with Gasteiger partial charge in [0, 0.05) is 25.0 Å². The first-order valence-electron chi connectivity index (χ1n) is 9.19. The standard InChI is InChI=1S/C23H25N3O/c1-4-26(16-19-8-6-5-7-9-19)23(27)20-13-21(15-24-14-20)25-22-12-17(2)10-11-18(22)3/h5-15,25H,4,16H2,1-3H3. The molecule has 4 nitrogen and oxygen atoms in total. The number of hydrogen-bond donors (Lipinski definition) is 1. The van der Waals surface area contributed by atoms with E-state index in [9.17, 15) is 4.79 Å². The zero-order chi connectivity index (χ0) is 19.2. The van der Waals surface area contributed by atoms with Crippen molar-refractivity contribution in [2.75, 3.05) is 11.9 Å². The van der Waals surface area contributed by atoms with Gasteiger partial charge < -0.3 is 10.2 Å². The molecule has 0 aliphatic carbocycles. The number of anilines is 2. The number of nitrogens with zero attached hydrogens (tertiary/aromatic N) is 2. The maximum atomic E-state index is 13.0. The van der Waals surface area contributed by atoms with Crippen LogP contribution in [0.5, 0.6) is 0 Å². The predicted molar refractivity (Wildman–Crippen MR) is 110 cm³/mol. The van der Waals surface area contributed by atoms with Crippen LogP contribution in [0, 0.1) is 13.8 Å². The van der Waals surface area contributed by atoms with Crippen molar-refractivity contribution >= 4 is 17.3 Å². The average molecular weight is 359 g/mol. The van der Waals surface area contributed by atoms with Crippen LogP contribution >= 0.6 is 0 Å². The Morgan fingerprint density at radius 1 is 1.04 bits per heavy atom. The van der Waals surface area contributed by atoms with Crippen LogP contribution in [-0.2, 0) is 6.54 Å². The highest BCUT2D eigenvalue weighted by atomic mass is 16.2. The summed E-state index contributed by atoms with van der Waals surface area (Å²) < 4.78 is 0. The lowest BCUT2D eigenvalue weighted by Gasteiger charge is -2.21. The summed E-state index contributed by atoms with van der Waals surface area (Å²) >= 11 is 0. The Balaban J connectivity index is 1.79. The zero-order valence-corrected chi connectivity index (χ0v) is 16.1. The van der Waals surface area contributed by atoms with Crippen molar-refractivity contribution in [3.63, 3.8) is 0 Å². The van der Waals surface area contributed by atoms with Crippen LogP contribution < -0.4 is 5.32 Å². The largest absolute Gasteiger partial charge is 0.354 e. The molecule has 1 N–H and O–H groups in total. The molecule has 1 aromatic heterocycles. The number of aromatic nitrogens is 1. The van der Waals surface area contributed by atoms with Crippen molar-refractivity contribution in [3.8, 4) is 0 Å². The molecule has 1 amide bonds. The number of benzene rings is 2. The van der Waals surface area contributed by atoms with Crippen LogP contribution in [0.25, 0.3) is 0 Å². The fourth-order valence-electron chi connectivity index (χ4n) is 2.96. The normalized spacial score (nSPS) is 10.5. The van der Waals surface area contributed by atoms with Crippen molar-refractivity contribution < 1.29 is 4.79 Å². The topological polar surface area (TPSA) is 45.2 Å². The molecule has 0 aliphatic heterocycles. The summed E-state index contributed by atoms with van der Waals surface area (Å²) in [5.41, 5.74) is 5.87. The van der Waals surface area contributed by atoms with Crippen LogP contribution in [0.2, 0.25) is 0 Å². The van der Waals surface area contributed by atoms with Crippen molar-refractivity contribution in [2.45, 2.75) is 27.3 Å². The van der Waals surface area contributed by atoms with E-state index >= 15 is 0 Å². The Hall–Kier alpha value is -3.14. The first-order chi connectivity index (χ1) is 13.1. The van der Waals surface area contributed by atoms with Crippen molar-refractivity contribution in [3.05, 3.63) is 89.2 Å². The van der Waals surface area contributed by atoms with E-state index in [0.29, 0.717) is 18.7 Å². The van der Waals surface area contributed by atoms with Crippen LogP contribution in [0.3, 0.4) is 0 Å². The smallest absolute Gasteiger partial charge is 0.255 e. The summed E-state index contributed by atoms with van der Waals surface area (Å²) in [6.45, 7) is 7.34. The molecule has 0 saturated carbocycles. The molecule has 138 valence electrons. The van der Waals surface area contributed by atoms with Gasteiger partial charge in [-0.05, 0) is 49.6 Å². The summed E-state index contributed by atoms with van der Waals surface area (Å²) in [4.78, 5) is 19.1. The van der Waals surface area contributed by atoms with Gasteiger partial charge in [-0.2, -0.15) is 0 Å². The molecule has 0 aliphatic rings. The van der Waals surface area contributed by atoms with Gasteiger partial charge in [0.25, 0.3) is 5.91 Å². The maximum Gasteiger partial charge on any atom is 0.255 e. The lowest BCUT2D eigenvalue weighted by molar-refractivity contribution is 0.0752. The minimum atomic E-state index is -0.0153. The van der Waals surface area contributed by atoms with E-state index in [0.717, 1.165) is 22.5 Å². The summed E-state index contributed by atoms with van der Waals surface area (Å²) in [7, 11) is 0. The number of amides is 1. The molecular formula is C23H25N3O. The molecule has 2 aromatic carbocycles. The molecule has 1 heterocycles. The van der Waals surface area contributed by atoms with E-state index in [4.69, 9.17) is 0 Å². The van der Waals surface area contributed by atoms with Gasteiger partial charge in [0.1, 0.15) is 0 Å². The summed E-state index contributed by atoms with van der Waals surface area (Å²) in [5, 5.41) is 3.38. The second-order valence-electron chi connectivity index (χ2n) is 6.71. The van der Waals surface area contributed by atoms with Gasteiger partial charge in [0.2, 0.25) is 0 Å². The van der Waals surface area contributed by atoms with E-state index < -0.39 is 0 Å². The highest BCUT2D eigenvalue weighted by Gasteiger charge is 2.15. The average Bonchev–Trinajstić information content (AvgIpc) is 2.69. The zero-order valence-electron chi connectivity index (χ0n) is 16.1. The lowest BCUT2D eigenvalue weighted by Crippen LogP contribution is -2.30. The lowest BCUT2D eigenvalue weighted by atomic mass is 10.1. The first-order valence-corrected chi connectivity index (χ1v) is 9.19. The summed E-state index contributed by atoms with van der Waals surface area (Å²) in [6, 6.07) is 18.2. The quantitative estimate of drug-likeness (QED) is 0.665. The Kier molecular flexibility index (Phi) is 5.87. The Bertz CT molecular complexity index is 922. The highest BCUT2D eigenvalue weighted by Crippen LogP contribution is 2.22. The van der Waals surface area contributed by atoms with Gasteiger partial charge in [-0.25, -0.2) is 0 Å². The fourth-order valence-corrected chi connectivity index (χ4v) is 2.96. The molecule has 0 saturated heterocycles. The van der Waals surface area contributed by atoms with E-state index in [2.05, 4.69) is 42.3 Å². The first kappa shape index (κ1) is 18.6. The molecule has 0 radical (unpaired) electrons. The number of carbonyl (C=O) groups is 1. The minimum Gasteiger partial charge on any atom is -0.354 e. The number of pyridine rings is 1. The predicted octanol–water partition coefficient (Wildman–Crippen LogP) is 5.10.